The van der Waals surface area contributed by atoms with Crippen LogP contribution in [0.3, 0.4) is 0 Å². The van der Waals surface area contributed by atoms with Crippen LogP contribution in [0.4, 0.5) is 0 Å². The van der Waals surface area contributed by atoms with Crippen LogP contribution < -0.4 is 0 Å². The van der Waals surface area contributed by atoms with Gasteiger partial charge in [-0.05, 0) is 32.1 Å². The van der Waals surface area contributed by atoms with Gasteiger partial charge in [-0.15, -0.1) is 0 Å². The van der Waals surface area contributed by atoms with Gasteiger partial charge in [-0.1, -0.05) is 0 Å². The first-order valence-electron chi connectivity index (χ1n) is 7.63. The second-order valence-electron chi connectivity index (χ2n) is 5.10. The number of ether oxygens (including phenoxy) is 3. The first-order chi connectivity index (χ1) is 10.6. The number of carbonyl (C=O) groups excluding carboxylic acids is 1. The molecule has 130 valence electrons. The summed E-state index contributed by atoms with van der Waals surface area (Å²) < 4.78 is 37.4. The number of hydrogen-bond acceptors (Lipinski definition) is 7. The Balaban J connectivity index is 1.96. The summed E-state index contributed by atoms with van der Waals surface area (Å²) in [5.41, 5.74) is 0. The van der Waals surface area contributed by atoms with Crippen LogP contribution in [0.1, 0.15) is 32.1 Å². The van der Waals surface area contributed by atoms with Crippen LogP contribution in [0.25, 0.3) is 0 Å². The van der Waals surface area contributed by atoms with E-state index in [1.165, 1.54) is 14.2 Å². The predicted molar refractivity (Wildman–Crippen MR) is 81.1 cm³/mol. The Bertz CT molecular complexity index is 347. The van der Waals surface area contributed by atoms with Crippen LogP contribution in [0.15, 0.2) is 0 Å². The SMILES string of the molecule is COP(=O)(CC(=O)COCCCCOC1CCCCO1)OC. The molecular formula is C14H27O7P. The Morgan fingerprint density at radius 2 is 1.91 bits per heavy atom. The van der Waals surface area contributed by atoms with E-state index in [0.29, 0.717) is 13.2 Å². The van der Waals surface area contributed by atoms with Crippen molar-refractivity contribution in [3.05, 3.63) is 0 Å². The molecule has 0 bridgehead atoms. The van der Waals surface area contributed by atoms with E-state index in [2.05, 4.69) is 0 Å². The van der Waals surface area contributed by atoms with Gasteiger partial charge in [0, 0.05) is 34.0 Å². The Morgan fingerprint density at radius 3 is 2.55 bits per heavy atom. The normalized spacial score (nSPS) is 19.3. The molecule has 0 amide bonds. The largest absolute Gasteiger partial charge is 0.374 e. The van der Waals surface area contributed by atoms with Gasteiger partial charge in [0.2, 0.25) is 0 Å². The summed E-state index contributed by atoms with van der Waals surface area (Å²) >= 11 is 0. The van der Waals surface area contributed by atoms with Gasteiger partial charge in [0.1, 0.15) is 12.8 Å². The molecule has 1 saturated heterocycles. The quantitative estimate of drug-likeness (QED) is 0.399. The van der Waals surface area contributed by atoms with E-state index in [0.717, 1.165) is 38.7 Å². The number of rotatable bonds is 12. The first kappa shape index (κ1) is 19.7. The average molecular weight is 338 g/mol. The highest BCUT2D eigenvalue weighted by Gasteiger charge is 2.25. The van der Waals surface area contributed by atoms with Crippen LogP contribution in [0.2, 0.25) is 0 Å². The molecule has 1 unspecified atom stereocenters. The molecule has 7 nitrogen and oxygen atoms in total. The molecule has 0 radical (unpaired) electrons. The van der Waals surface area contributed by atoms with Crippen LogP contribution in [-0.2, 0) is 32.6 Å². The van der Waals surface area contributed by atoms with Crippen LogP contribution in [-0.4, -0.2) is 58.9 Å². The van der Waals surface area contributed by atoms with Crippen molar-refractivity contribution in [3.8, 4) is 0 Å². The maximum atomic E-state index is 11.7. The minimum Gasteiger partial charge on any atom is -0.374 e. The van der Waals surface area contributed by atoms with Crippen molar-refractivity contribution in [3.63, 3.8) is 0 Å². The van der Waals surface area contributed by atoms with Crippen molar-refractivity contribution in [1.82, 2.24) is 0 Å². The zero-order valence-corrected chi connectivity index (χ0v) is 14.3. The molecule has 1 aliphatic rings. The number of ketones is 1. The molecule has 0 saturated carbocycles. The van der Waals surface area contributed by atoms with Gasteiger partial charge in [-0.25, -0.2) is 0 Å². The maximum Gasteiger partial charge on any atom is 0.337 e. The van der Waals surface area contributed by atoms with Gasteiger partial charge < -0.3 is 23.3 Å². The Morgan fingerprint density at radius 1 is 1.18 bits per heavy atom. The second-order valence-corrected chi connectivity index (χ2v) is 7.37. The highest BCUT2D eigenvalue weighted by Crippen LogP contribution is 2.45. The molecule has 1 atom stereocenters. The van der Waals surface area contributed by atoms with Crippen molar-refractivity contribution >= 4 is 13.4 Å². The lowest BCUT2D eigenvalue weighted by Crippen LogP contribution is -2.22. The zero-order chi connectivity index (χ0) is 16.3. The minimum absolute atomic E-state index is 0.0616. The van der Waals surface area contributed by atoms with E-state index in [9.17, 15) is 9.36 Å². The highest BCUT2D eigenvalue weighted by molar-refractivity contribution is 7.54. The molecule has 0 N–H and O–H groups in total. The molecule has 1 heterocycles. The summed E-state index contributed by atoms with van der Waals surface area (Å²) in [6.45, 7) is 1.79. The lowest BCUT2D eigenvalue weighted by atomic mass is 10.2. The molecule has 0 aliphatic carbocycles. The van der Waals surface area contributed by atoms with E-state index in [1.807, 2.05) is 0 Å². The lowest BCUT2D eigenvalue weighted by molar-refractivity contribution is -0.163. The number of unbranched alkanes of at least 4 members (excludes halogenated alkanes) is 1. The zero-order valence-electron chi connectivity index (χ0n) is 13.5. The summed E-state index contributed by atoms with van der Waals surface area (Å²) in [5, 5.41) is 0. The molecule has 22 heavy (non-hydrogen) atoms. The fraction of sp³-hybridized carbons (Fsp3) is 0.929. The molecular weight excluding hydrogens is 311 g/mol. The maximum absolute atomic E-state index is 11.7. The number of carbonyl (C=O) groups is 1. The molecule has 0 aromatic heterocycles. The Kier molecular flexibility index (Phi) is 10.1. The van der Waals surface area contributed by atoms with Gasteiger partial charge in [0.05, 0.1) is 0 Å². The average Bonchev–Trinajstić information content (AvgIpc) is 2.54. The summed E-state index contributed by atoms with van der Waals surface area (Å²) in [5.74, 6) is -0.293. The molecule has 8 heteroatoms. The van der Waals surface area contributed by atoms with Crippen molar-refractivity contribution < 1.29 is 32.6 Å². The van der Waals surface area contributed by atoms with Gasteiger partial charge in [0.15, 0.2) is 12.1 Å². The summed E-state index contributed by atoms with van der Waals surface area (Å²) in [6.07, 6.45) is 4.55. The third kappa shape index (κ3) is 8.36. The third-order valence-corrected chi connectivity index (χ3v) is 5.17. The molecule has 1 fully saturated rings. The van der Waals surface area contributed by atoms with Crippen LogP contribution >= 0.6 is 7.60 Å². The fourth-order valence-corrected chi connectivity index (χ4v) is 2.95. The Labute approximate surface area is 132 Å². The molecule has 0 aromatic rings. The Hall–Kier alpha value is -0.300. The fourth-order valence-electron chi connectivity index (χ4n) is 2.01. The highest BCUT2D eigenvalue weighted by atomic mass is 31.2. The smallest absolute Gasteiger partial charge is 0.337 e. The van der Waals surface area contributed by atoms with Crippen LogP contribution in [0, 0.1) is 0 Å². The predicted octanol–water partition coefficient (Wildman–Crippen LogP) is 2.38. The van der Waals surface area contributed by atoms with Crippen molar-refractivity contribution in [2.75, 3.05) is 46.8 Å². The van der Waals surface area contributed by atoms with Gasteiger partial charge in [0.25, 0.3) is 0 Å². The van der Waals surface area contributed by atoms with Crippen molar-refractivity contribution in [2.24, 2.45) is 0 Å². The summed E-state index contributed by atoms with van der Waals surface area (Å²) in [6, 6.07) is 0. The lowest BCUT2D eigenvalue weighted by Gasteiger charge is -2.22. The third-order valence-electron chi connectivity index (χ3n) is 3.31. The molecule has 0 spiro atoms. The molecule has 0 aromatic carbocycles. The first-order valence-corrected chi connectivity index (χ1v) is 9.35. The van der Waals surface area contributed by atoms with Crippen LogP contribution in [0.5, 0.6) is 0 Å². The van der Waals surface area contributed by atoms with E-state index in [4.69, 9.17) is 23.3 Å². The van der Waals surface area contributed by atoms with Crippen molar-refractivity contribution in [1.29, 1.82) is 0 Å². The summed E-state index contributed by atoms with van der Waals surface area (Å²) in [4.78, 5) is 11.6. The van der Waals surface area contributed by atoms with E-state index >= 15 is 0 Å². The molecule has 1 aliphatic heterocycles. The van der Waals surface area contributed by atoms with Gasteiger partial charge in [-0.3, -0.25) is 9.36 Å². The standard InChI is InChI=1S/C14H27O7P/c1-17-22(16,18-2)12-13(15)11-19-8-5-6-10-21-14-7-3-4-9-20-14/h14H,3-12H2,1-2H3. The minimum atomic E-state index is -3.28. The topological polar surface area (TPSA) is 80.3 Å². The second kappa shape index (κ2) is 11.3. The number of Topliss-reactive ketones (excluding diaryl/α,β-unsaturated/α-hetero) is 1. The van der Waals surface area contributed by atoms with Gasteiger partial charge >= 0.3 is 7.60 Å². The monoisotopic (exact) mass is 338 g/mol. The van der Waals surface area contributed by atoms with E-state index in [1.54, 1.807) is 0 Å². The van der Waals surface area contributed by atoms with Crippen molar-refractivity contribution in [2.45, 2.75) is 38.4 Å². The number of hydrogen-bond donors (Lipinski definition) is 0. The van der Waals surface area contributed by atoms with E-state index < -0.39 is 7.60 Å². The van der Waals surface area contributed by atoms with Gasteiger partial charge in [-0.2, -0.15) is 0 Å². The van der Waals surface area contributed by atoms with E-state index in [-0.39, 0.29) is 24.8 Å². The summed E-state index contributed by atoms with van der Waals surface area (Å²) in [7, 11) is -0.766. The molecule has 1 rings (SSSR count).